The highest BCUT2D eigenvalue weighted by Gasteiger charge is 2.33. The lowest BCUT2D eigenvalue weighted by atomic mass is 9.94. The van der Waals surface area contributed by atoms with Gasteiger partial charge in [-0.1, -0.05) is 86.3 Å². The second-order valence-electron chi connectivity index (χ2n) is 20.1. The highest BCUT2D eigenvalue weighted by Crippen LogP contribution is 2.44. The third-order valence-corrected chi connectivity index (χ3v) is 14.5. The van der Waals surface area contributed by atoms with Crippen molar-refractivity contribution in [2.24, 2.45) is 4.99 Å². The minimum Gasteiger partial charge on any atom is -0.396 e. The normalized spacial score (nSPS) is 13.8. The molecule has 1 aliphatic heterocycles. The van der Waals surface area contributed by atoms with Crippen LogP contribution in [0.15, 0.2) is 174 Å². The van der Waals surface area contributed by atoms with Gasteiger partial charge in [-0.2, -0.15) is 0 Å². The topological polar surface area (TPSA) is 167 Å². The van der Waals surface area contributed by atoms with Crippen molar-refractivity contribution in [2.75, 3.05) is 47.9 Å². The molecule has 8 aromatic rings. The lowest BCUT2D eigenvalue weighted by Gasteiger charge is -2.38. The van der Waals surface area contributed by atoms with E-state index < -0.39 is 11.6 Å². The van der Waals surface area contributed by atoms with Crippen molar-refractivity contribution in [3.8, 4) is 16.8 Å². The number of carbonyl (C=O) groups excluding carboxylic acids is 2. The highest BCUT2D eigenvalue weighted by molar-refractivity contribution is 6.10. The summed E-state index contributed by atoms with van der Waals surface area (Å²) >= 11 is 0. The summed E-state index contributed by atoms with van der Waals surface area (Å²) in [5.74, 6) is -1.17. The SMILES string of the molecule is CC1=CC2=Nc3cc(F)c(N)cc3N(c3ccccc3)C2C=C1NCCCCCCNC(=O)c1ccc(-c2ccc(C(=O)NCCCCCCNc3cc4c(cc3C)nc3cc(F)c(N)cc3[n+]4-c3ccccc3)cc2)cc1. The molecule has 0 saturated heterocycles. The maximum atomic E-state index is 14.5. The van der Waals surface area contributed by atoms with E-state index in [0.29, 0.717) is 35.4 Å². The molecule has 7 aromatic carbocycles. The van der Waals surface area contributed by atoms with Crippen LogP contribution in [0.3, 0.4) is 0 Å². The fourth-order valence-corrected chi connectivity index (χ4v) is 10.3. The Morgan fingerprint density at radius 3 is 1.77 bits per heavy atom. The number of anilines is 5. The number of fused-ring (bicyclic) bond motifs is 4. The van der Waals surface area contributed by atoms with Crippen LogP contribution in [0.5, 0.6) is 0 Å². The zero-order valence-electron chi connectivity index (χ0n) is 44.1. The standard InChI is InChI=1S/C64H64F2N10O2/c1-41-33-55-61(75(47-17-9-7-10-18-47)59-37-51(67)49(65)35-57(59)73-55)39-53(41)69-29-13-3-5-15-31-71-63(77)45-25-21-43(22-26-45)44-23-27-46(28-24-44)64(78)72-32-16-6-4-14-30-70-54-40-62-56(34-42(54)2)74-58-36-50(66)52(68)38-60(58)76(62)48-19-11-8-12-20-48/h7-12,17-28,33-40,61,69H,3-6,13-16,29-32,67H2,1-2H3,(H4,68,70,71,72,77,78)/p+1. The first-order valence-electron chi connectivity index (χ1n) is 27.0. The van der Waals surface area contributed by atoms with Crippen molar-refractivity contribution in [3.63, 3.8) is 0 Å². The van der Waals surface area contributed by atoms with E-state index in [1.165, 1.54) is 12.1 Å². The van der Waals surface area contributed by atoms with Crippen LogP contribution in [0.2, 0.25) is 0 Å². The number of benzene rings is 7. The van der Waals surface area contributed by atoms with Gasteiger partial charge in [-0.05, 0) is 122 Å². The van der Waals surface area contributed by atoms with Gasteiger partial charge in [0.1, 0.15) is 22.7 Å². The van der Waals surface area contributed by atoms with E-state index >= 15 is 0 Å². The Kier molecular flexibility index (Phi) is 16.1. The molecule has 1 unspecified atom stereocenters. The van der Waals surface area contributed by atoms with Crippen molar-refractivity contribution in [2.45, 2.75) is 71.3 Å². The molecule has 14 heteroatoms. The van der Waals surface area contributed by atoms with Crippen molar-refractivity contribution >= 4 is 73.7 Å². The molecule has 0 spiro atoms. The van der Waals surface area contributed by atoms with E-state index in [1.54, 1.807) is 12.1 Å². The smallest absolute Gasteiger partial charge is 0.251 e. The summed E-state index contributed by atoms with van der Waals surface area (Å²) in [6.07, 6.45) is 12.0. The number of nitrogens with two attached hydrogens (primary N) is 2. The third-order valence-electron chi connectivity index (χ3n) is 14.5. The number of amides is 2. The number of aliphatic imine (C=N–C) groups is 1. The van der Waals surface area contributed by atoms with Crippen LogP contribution in [-0.4, -0.2) is 54.7 Å². The molecule has 0 saturated carbocycles. The largest absolute Gasteiger partial charge is 0.396 e. The van der Waals surface area contributed by atoms with E-state index in [2.05, 4.69) is 55.9 Å². The fourth-order valence-electron chi connectivity index (χ4n) is 10.3. The molecule has 1 aromatic heterocycles. The van der Waals surface area contributed by atoms with Gasteiger partial charge in [-0.15, -0.1) is 4.57 Å². The summed E-state index contributed by atoms with van der Waals surface area (Å²) in [4.78, 5) is 37.8. The predicted molar refractivity (Wildman–Crippen MR) is 312 cm³/mol. The molecular weight excluding hydrogens is 979 g/mol. The summed E-state index contributed by atoms with van der Waals surface area (Å²) in [5.41, 5.74) is 26.5. The van der Waals surface area contributed by atoms with Gasteiger partial charge in [0.2, 0.25) is 16.7 Å². The van der Waals surface area contributed by atoms with E-state index in [1.807, 2.05) is 122 Å². The minimum atomic E-state index is -0.487. The van der Waals surface area contributed by atoms with Gasteiger partial charge in [-0.3, -0.25) is 9.59 Å². The molecule has 10 rings (SSSR count). The molecule has 2 aliphatic rings. The number of hydrogen-bond acceptors (Lipinski definition) is 9. The maximum Gasteiger partial charge on any atom is 0.251 e. The summed E-state index contributed by atoms with van der Waals surface area (Å²) in [6, 6.07) is 45.1. The molecule has 0 radical (unpaired) electrons. The van der Waals surface area contributed by atoms with Gasteiger partial charge in [0.25, 0.3) is 11.8 Å². The van der Waals surface area contributed by atoms with Crippen molar-refractivity contribution < 1.29 is 22.9 Å². The van der Waals surface area contributed by atoms with Crippen LogP contribution >= 0.6 is 0 Å². The Morgan fingerprint density at radius 1 is 0.603 bits per heavy atom. The number of unbranched alkanes of at least 4 members (excludes halogenated alkanes) is 6. The first kappa shape index (κ1) is 52.5. The van der Waals surface area contributed by atoms with Crippen LogP contribution in [-0.2, 0) is 0 Å². The number of aryl methyl sites for hydroxylation is 1. The molecule has 1 aliphatic carbocycles. The van der Waals surface area contributed by atoms with Crippen molar-refractivity contribution in [1.29, 1.82) is 0 Å². The molecule has 12 nitrogen and oxygen atoms in total. The third kappa shape index (κ3) is 11.9. The number of allylic oxidation sites excluding steroid dienone is 1. The number of halogens is 2. The molecular formula is C64H65F2N10O2+. The summed E-state index contributed by atoms with van der Waals surface area (Å²) in [7, 11) is 0. The second-order valence-corrected chi connectivity index (χ2v) is 20.1. The van der Waals surface area contributed by atoms with Crippen LogP contribution in [0.25, 0.3) is 38.9 Å². The second kappa shape index (κ2) is 24.0. The Hall–Kier alpha value is -8.91. The summed E-state index contributed by atoms with van der Waals surface area (Å²) < 4.78 is 31.1. The minimum absolute atomic E-state index is 0.0771. The first-order chi connectivity index (χ1) is 38.0. The number of carbonyl (C=O) groups is 2. The number of nitrogens with zero attached hydrogens (tertiary/aromatic N) is 4. The number of nitrogen functional groups attached to an aromatic ring is 2. The zero-order valence-corrected chi connectivity index (χ0v) is 44.1. The molecule has 8 N–H and O–H groups in total. The number of para-hydroxylation sites is 2. The molecule has 396 valence electrons. The summed E-state index contributed by atoms with van der Waals surface area (Å²) in [6.45, 7) is 6.90. The fraction of sp³-hybridized carbons (Fsp3) is 0.234. The average molecular weight is 1040 g/mol. The lowest BCUT2D eigenvalue weighted by Crippen LogP contribution is -2.41. The number of nitrogens with one attached hydrogen (secondary N) is 4. The molecule has 78 heavy (non-hydrogen) atoms. The van der Waals surface area contributed by atoms with Gasteiger partial charge < -0.3 is 37.6 Å². The maximum absolute atomic E-state index is 14.5. The zero-order chi connectivity index (χ0) is 54.1. The number of aromatic nitrogens is 2. The summed E-state index contributed by atoms with van der Waals surface area (Å²) in [5, 5.41) is 13.4. The van der Waals surface area contributed by atoms with Crippen molar-refractivity contribution in [1.82, 2.24) is 20.9 Å². The van der Waals surface area contributed by atoms with Gasteiger partial charge >= 0.3 is 0 Å². The average Bonchev–Trinajstić information content (AvgIpc) is 3.60. The highest BCUT2D eigenvalue weighted by atomic mass is 19.1. The van der Waals surface area contributed by atoms with E-state index in [-0.39, 0.29) is 29.2 Å². The molecule has 2 heterocycles. The molecule has 1 atom stereocenters. The number of rotatable bonds is 21. The molecule has 0 bridgehead atoms. The first-order valence-corrected chi connectivity index (χ1v) is 27.0. The Bertz CT molecular complexity index is 3590. The Labute approximate surface area is 454 Å². The Balaban J connectivity index is 0.613. The lowest BCUT2D eigenvalue weighted by molar-refractivity contribution is -0.538. The van der Waals surface area contributed by atoms with Crippen LogP contribution in [0.4, 0.5) is 42.9 Å². The van der Waals surface area contributed by atoms with Gasteiger partial charge in [0, 0.05) is 90.8 Å². The molecule has 2 amide bonds. The van der Waals surface area contributed by atoms with Gasteiger partial charge in [0.15, 0.2) is 0 Å². The quantitative estimate of drug-likeness (QED) is 0.0179. The van der Waals surface area contributed by atoms with Gasteiger partial charge in [0.05, 0.1) is 34.5 Å². The van der Waals surface area contributed by atoms with E-state index in [0.717, 1.165) is 137 Å². The number of hydrogen-bond donors (Lipinski definition) is 6. The van der Waals surface area contributed by atoms with E-state index in [9.17, 15) is 18.4 Å². The predicted octanol–water partition coefficient (Wildman–Crippen LogP) is 12.5. The molecule has 0 fully saturated rings. The Morgan fingerprint density at radius 2 is 1.14 bits per heavy atom. The monoisotopic (exact) mass is 1040 g/mol. The van der Waals surface area contributed by atoms with Crippen LogP contribution in [0, 0.1) is 18.6 Å². The van der Waals surface area contributed by atoms with Crippen LogP contribution < -0.4 is 42.2 Å². The van der Waals surface area contributed by atoms with Gasteiger partial charge in [-0.25, -0.2) is 18.8 Å². The van der Waals surface area contributed by atoms with E-state index in [4.69, 9.17) is 21.4 Å². The van der Waals surface area contributed by atoms with Crippen LogP contribution in [0.1, 0.15) is 84.6 Å². The van der Waals surface area contributed by atoms with Crippen molar-refractivity contribution in [3.05, 3.63) is 197 Å².